The van der Waals surface area contributed by atoms with Gasteiger partial charge in [-0.05, 0) is 71.0 Å². The fraction of sp³-hybridized carbons (Fsp3) is 0.240. The number of anilines is 2. The van der Waals surface area contributed by atoms with Crippen LogP contribution in [0.15, 0.2) is 65.8 Å². The standard InChI is InChI=1S/C25H24ClIN4O2/c1-33-12-4-11-28-23-10-7-17(15-29-23)24-19-14-18(27)8-9-21(19)31-25(32)22(30-24)13-16-5-2-3-6-20(16)26/h2-3,5-10,14-15,22H,4,11-13H2,1H3,(H,28,29)(H,31,32)/t22-/m0/s1. The van der Waals surface area contributed by atoms with E-state index in [1.54, 1.807) is 13.3 Å². The minimum Gasteiger partial charge on any atom is -0.385 e. The van der Waals surface area contributed by atoms with Crippen molar-refractivity contribution in [1.29, 1.82) is 0 Å². The van der Waals surface area contributed by atoms with E-state index in [2.05, 4.69) is 38.2 Å². The number of amides is 1. The molecule has 6 nitrogen and oxygen atoms in total. The molecule has 170 valence electrons. The van der Waals surface area contributed by atoms with Gasteiger partial charge in [0.15, 0.2) is 0 Å². The molecule has 1 aliphatic heterocycles. The van der Waals surface area contributed by atoms with Crippen LogP contribution in [0.1, 0.15) is 23.1 Å². The molecule has 2 aromatic carbocycles. The fourth-order valence-corrected chi connectivity index (χ4v) is 4.34. The van der Waals surface area contributed by atoms with Gasteiger partial charge in [-0.3, -0.25) is 9.79 Å². The molecule has 4 rings (SSSR count). The summed E-state index contributed by atoms with van der Waals surface area (Å²) in [5.74, 6) is 0.630. The number of hydrogen-bond acceptors (Lipinski definition) is 5. The van der Waals surface area contributed by atoms with Crippen LogP contribution in [0.4, 0.5) is 11.5 Å². The topological polar surface area (TPSA) is 75.6 Å². The molecule has 8 heteroatoms. The number of aromatic nitrogens is 1. The van der Waals surface area contributed by atoms with Crippen molar-refractivity contribution >= 4 is 57.3 Å². The Morgan fingerprint density at radius 3 is 2.79 bits per heavy atom. The van der Waals surface area contributed by atoms with E-state index in [9.17, 15) is 4.79 Å². The van der Waals surface area contributed by atoms with E-state index in [-0.39, 0.29) is 5.91 Å². The Kier molecular flexibility index (Phi) is 7.95. The smallest absolute Gasteiger partial charge is 0.249 e. The molecular weight excluding hydrogens is 551 g/mol. The zero-order valence-corrected chi connectivity index (χ0v) is 21.1. The van der Waals surface area contributed by atoms with E-state index in [1.807, 2.05) is 54.6 Å². The molecule has 0 spiro atoms. The maximum atomic E-state index is 13.1. The number of pyridine rings is 1. The van der Waals surface area contributed by atoms with Crippen molar-refractivity contribution in [2.45, 2.75) is 18.9 Å². The van der Waals surface area contributed by atoms with Crippen molar-refractivity contribution in [2.75, 3.05) is 30.9 Å². The van der Waals surface area contributed by atoms with Crippen LogP contribution in [0.2, 0.25) is 5.02 Å². The number of nitrogens with zero attached hydrogens (tertiary/aromatic N) is 2. The number of benzene rings is 2. The van der Waals surface area contributed by atoms with E-state index in [1.165, 1.54) is 0 Å². The number of aliphatic imine (C=N–C) groups is 1. The number of methoxy groups -OCH3 is 1. The van der Waals surface area contributed by atoms with Crippen LogP contribution in [0.5, 0.6) is 0 Å². The Labute approximate surface area is 212 Å². The highest BCUT2D eigenvalue weighted by atomic mass is 127. The summed E-state index contributed by atoms with van der Waals surface area (Å²) in [6.45, 7) is 1.48. The highest BCUT2D eigenvalue weighted by molar-refractivity contribution is 14.1. The summed E-state index contributed by atoms with van der Waals surface area (Å²) in [5, 5.41) is 6.97. The van der Waals surface area contributed by atoms with Crippen LogP contribution in [0, 0.1) is 3.57 Å². The third-order valence-electron chi connectivity index (χ3n) is 5.32. The molecule has 2 heterocycles. The first kappa shape index (κ1) is 23.7. The van der Waals surface area contributed by atoms with E-state index < -0.39 is 6.04 Å². The second kappa shape index (κ2) is 11.1. The van der Waals surface area contributed by atoms with E-state index >= 15 is 0 Å². The molecule has 1 aromatic heterocycles. The number of fused-ring (bicyclic) bond motifs is 1. The lowest BCUT2D eigenvalue weighted by Gasteiger charge is -2.12. The Hall–Kier alpha value is -2.49. The van der Waals surface area contributed by atoms with E-state index in [0.29, 0.717) is 18.1 Å². The summed E-state index contributed by atoms with van der Waals surface area (Å²) in [6.07, 6.45) is 3.10. The number of carbonyl (C=O) groups excluding carboxylic acids is 1. The molecule has 0 fully saturated rings. The third kappa shape index (κ3) is 5.90. The number of ether oxygens (including phenoxy) is 1. The minimum atomic E-state index is -0.614. The zero-order valence-electron chi connectivity index (χ0n) is 18.1. The lowest BCUT2D eigenvalue weighted by atomic mass is 10.0. The predicted molar refractivity (Wildman–Crippen MR) is 142 cm³/mol. The Bertz CT molecular complexity index is 1170. The van der Waals surface area contributed by atoms with Gasteiger partial charge >= 0.3 is 0 Å². The molecular formula is C25H24ClIN4O2. The molecule has 0 saturated heterocycles. The van der Waals surface area contributed by atoms with Gasteiger partial charge in [0.05, 0.1) is 11.4 Å². The first-order chi connectivity index (χ1) is 16.0. The maximum Gasteiger partial charge on any atom is 0.249 e. The number of nitrogens with one attached hydrogen (secondary N) is 2. The summed E-state index contributed by atoms with van der Waals surface area (Å²) in [7, 11) is 1.69. The average Bonchev–Trinajstić information content (AvgIpc) is 2.95. The molecule has 33 heavy (non-hydrogen) atoms. The van der Waals surface area contributed by atoms with Gasteiger partial charge in [-0.1, -0.05) is 29.8 Å². The monoisotopic (exact) mass is 574 g/mol. The highest BCUT2D eigenvalue weighted by Gasteiger charge is 2.27. The summed E-state index contributed by atoms with van der Waals surface area (Å²) in [6, 6.07) is 16.8. The Morgan fingerprint density at radius 1 is 1.18 bits per heavy atom. The van der Waals surface area contributed by atoms with Crippen molar-refractivity contribution in [3.05, 3.63) is 86.1 Å². The van der Waals surface area contributed by atoms with Gasteiger partial charge in [0.25, 0.3) is 0 Å². The quantitative estimate of drug-likeness (QED) is 0.287. The van der Waals surface area contributed by atoms with Crippen molar-refractivity contribution in [3.8, 4) is 0 Å². The van der Waals surface area contributed by atoms with Gasteiger partial charge in [0.2, 0.25) is 5.91 Å². The lowest BCUT2D eigenvalue weighted by molar-refractivity contribution is -0.117. The van der Waals surface area contributed by atoms with Gasteiger partial charge in [-0.15, -0.1) is 0 Å². The minimum absolute atomic E-state index is 0.156. The molecule has 1 amide bonds. The number of halogens is 2. The van der Waals surface area contributed by atoms with Crippen molar-refractivity contribution in [1.82, 2.24) is 4.98 Å². The average molecular weight is 575 g/mol. The second-order valence-corrected chi connectivity index (χ2v) is 9.33. The predicted octanol–water partition coefficient (Wildman–Crippen LogP) is 5.19. The van der Waals surface area contributed by atoms with Gasteiger partial charge in [0, 0.05) is 52.6 Å². The molecule has 0 saturated carbocycles. The summed E-state index contributed by atoms with van der Waals surface area (Å²) in [4.78, 5) is 22.6. The van der Waals surface area contributed by atoms with Crippen molar-refractivity contribution < 1.29 is 9.53 Å². The number of carbonyl (C=O) groups is 1. The summed E-state index contributed by atoms with van der Waals surface area (Å²) >= 11 is 8.64. The first-order valence-corrected chi connectivity index (χ1v) is 12.1. The molecule has 0 bridgehead atoms. The molecule has 0 aliphatic carbocycles. The van der Waals surface area contributed by atoms with Crippen LogP contribution in [0.3, 0.4) is 0 Å². The van der Waals surface area contributed by atoms with Crippen LogP contribution in [-0.2, 0) is 16.0 Å². The van der Waals surface area contributed by atoms with Gasteiger partial charge in [-0.2, -0.15) is 0 Å². The van der Waals surface area contributed by atoms with Crippen LogP contribution < -0.4 is 10.6 Å². The SMILES string of the molecule is COCCCNc1ccc(C2=N[C@@H](Cc3ccccc3Cl)C(=O)Nc3ccc(I)cc32)cn1. The molecule has 1 aliphatic rings. The largest absolute Gasteiger partial charge is 0.385 e. The third-order valence-corrected chi connectivity index (χ3v) is 6.36. The normalized spacial score (nSPS) is 15.3. The number of hydrogen-bond donors (Lipinski definition) is 2. The van der Waals surface area contributed by atoms with E-state index in [4.69, 9.17) is 21.3 Å². The van der Waals surface area contributed by atoms with Crippen molar-refractivity contribution in [2.24, 2.45) is 4.99 Å². The first-order valence-electron chi connectivity index (χ1n) is 10.7. The zero-order chi connectivity index (χ0) is 23.2. The summed E-state index contributed by atoms with van der Waals surface area (Å²) in [5.41, 5.74) is 4.08. The van der Waals surface area contributed by atoms with Crippen LogP contribution >= 0.6 is 34.2 Å². The fourth-order valence-electron chi connectivity index (χ4n) is 3.63. The number of benzodiazepines with no additional fused rings is 1. The Balaban J connectivity index is 1.68. The molecule has 1 atom stereocenters. The van der Waals surface area contributed by atoms with Crippen LogP contribution in [-0.4, -0.2) is 42.9 Å². The maximum absolute atomic E-state index is 13.1. The molecule has 0 unspecified atom stereocenters. The van der Waals surface area contributed by atoms with Gasteiger partial charge in [-0.25, -0.2) is 4.98 Å². The summed E-state index contributed by atoms with van der Waals surface area (Å²) < 4.78 is 6.14. The van der Waals surface area contributed by atoms with Gasteiger partial charge < -0.3 is 15.4 Å². The molecule has 3 aromatic rings. The van der Waals surface area contributed by atoms with Crippen LogP contribution in [0.25, 0.3) is 0 Å². The van der Waals surface area contributed by atoms with Crippen molar-refractivity contribution in [3.63, 3.8) is 0 Å². The molecule has 2 N–H and O–H groups in total. The molecule has 0 radical (unpaired) electrons. The lowest BCUT2D eigenvalue weighted by Crippen LogP contribution is -2.27. The number of rotatable bonds is 8. The highest BCUT2D eigenvalue weighted by Crippen LogP contribution is 2.28. The second-order valence-electron chi connectivity index (χ2n) is 7.67. The Morgan fingerprint density at radius 2 is 2.03 bits per heavy atom. The van der Waals surface area contributed by atoms with E-state index in [0.717, 1.165) is 50.4 Å². The van der Waals surface area contributed by atoms with Gasteiger partial charge in [0.1, 0.15) is 11.9 Å².